The van der Waals surface area contributed by atoms with Crippen molar-refractivity contribution in [1.82, 2.24) is 5.32 Å². The zero-order valence-corrected chi connectivity index (χ0v) is 13.7. The normalized spacial score (nSPS) is 20.5. The van der Waals surface area contributed by atoms with Crippen LogP contribution in [-0.4, -0.2) is 26.4 Å². The summed E-state index contributed by atoms with van der Waals surface area (Å²) in [5, 5.41) is 3.57. The van der Waals surface area contributed by atoms with Gasteiger partial charge in [0, 0.05) is 13.0 Å². The monoisotopic (exact) mass is 291 g/mol. The van der Waals surface area contributed by atoms with Crippen molar-refractivity contribution in [1.29, 1.82) is 0 Å². The highest BCUT2D eigenvalue weighted by Crippen LogP contribution is 2.35. The molecule has 1 aliphatic carbocycles. The highest BCUT2D eigenvalue weighted by Gasteiger charge is 2.32. The molecule has 1 N–H and O–H groups in total. The van der Waals surface area contributed by atoms with Gasteiger partial charge in [0.15, 0.2) is 0 Å². The lowest BCUT2D eigenvalue weighted by atomic mass is 10.1. The van der Waals surface area contributed by atoms with E-state index in [4.69, 9.17) is 9.47 Å². The molecule has 2 unspecified atom stereocenters. The maximum absolute atomic E-state index is 6.17. The first-order valence-corrected chi connectivity index (χ1v) is 8.32. The predicted octanol–water partition coefficient (Wildman–Crippen LogP) is 3.87. The van der Waals surface area contributed by atoms with E-state index in [1.54, 1.807) is 7.11 Å². The molecule has 3 heteroatoms. The molecule has 0 amide bonds. The molecule has 0 aromatic heterocycles. The van der Waals surface area contributed by atoms with Crippen molar-refractivity contribution in [3.05, 3.63) is 29.3 Å². The molecule has 0 aliphatic heterocycles. The number of hydrogen-bond acceptors (Lipinski definition) is 3. The Hall–Kier alpha value is -1.06. The molecule has 1 aliphatic rings. The summed E-state index contributed by atoms with van der Waals surface area (Å²) in [6, 6.07) is 6.68. The van der Waals surface area contributed by atoms with Gasteiger partial charge in [0.2, 0.25) is 0 Å². The van der Waals surface area contributed by atoms with Crippen LogP contribution in [0.15, 0.2) is 18.2 Å². The minimum Gasteiger partial charge on any atom is -0.497 e. The van der Waals surface area contributed by atoms with Crippen LogP contribution in [0.5, 0.6) is 5.75 Å². The van der Waals surface area contributed by atoms with Crippen LogP contribution in [0.25, 0.3) is 0 Å². The van der Waals surface area contributed by atoms with Gasteiger partial charge in [-0.15, -0.1) is 0 Å². The highest BCUT2D eigenvalue weighted by molar-refractivity contribution is 5.42. The van der Waals surface area contributed by atoms with Crippen LogP contribution in [0.2, 0.25) is 0 Å². The Kier molecular flexibility index (Phi) is 6.52. The standard InChI is InChI=1S/C18H29NO2/c1-4-6-7-8-11-21-17-12-14-9-10-15(20-3)13-16(14)18(17)19-5-2/h9-10,13,17-19H,4-8,11-12H2,1-3H3. The first kappa shape index (κ1) is 16.3. The number of ether oxygens (including phenoxy) is 2. The third kappa shape index (κ3) is 4.21. The Morgan fingerprint density at radius 2 is 2.05 bits per heavy atom. The molecule has 1 aromatic carbocycles. The summed E-state index contributed by atoms with van der Waals surface area (Å²) in [5.74, 6) is 0.931. The smallest absolute Gasteiger partial charge is 0.119 e. The average Bonchev–Trinajstić information content (AvgIpc) is 2.84. The van der Waals surface area contributed by atoms with E-state index in [1.165, 1.54) is 36.8 Å². The second kappa shape index (κ2) is 8.40. The van der Waals surface area contributed by atoms with Crippen LogP contribution in [0.3, 0.4) is 0 Å². The Morgan fingerprint density at radius 3 is 2.76 bits per heavy atom. The van der Waals surface area contributed by atoms with Crippen molar-refractivity contribution in [3.63, 3.8) is 0 Å². The SMILES string of the molecule is CCCCCCOC1Cc2ccc(OC)cc2C1NCC. The summed E-state index contributed by atoms with van der Waals surface area (Å²) in [6.45, 7) is 6.22. The number of rotatable bonds is 9. The average molecular weight is 291 g/mol. The summed E-state index contributed by atoms with van der Waals surface area (Å²) in [4.78, 5) is 0. The number of fused-ring (bicyclic) bond motifs is 1. The van der Waals surface area contributed by atoms with Gasteiger partial charge in [-0.3, -0.25) is 0 Å². The van der Waals surface area contributed by atoms with Crippen molar-refractivity contribution in [2.45, 2.75) is 58.1 Å². The van der Waals surface area contributed by atoms with Crippen molar-refractivity contribution in [3.8, 4) is 5.75 Å². The predicted molar refractivity (Wildman–Crippen MR) is 87.0 cm³/mol. The largest absolute Gasteiger partial charge is 0.497 e. The first-order chi connectivity index (χ1) is 10.3. The zero-order valence-electron chi connectivity index (χ0n) is 13.7. The molecule has 21 heavy (non-hydrogen) atoms. The molecule has 0 bridgehead atoms. The minimum atomic E-state index is 0.258. The number of nitrogens with one attached hydrogen (secondary N) is 1. The van der Waals surface area contributed by atoms with Gasteiger partial charge in [-0.2, -0.15) is 0 Å². The van der Waals surface area contributed by atoms with Crippen LogP contribution in [0.4, 0.5) is 0 Å². The second-order valence-electron chi connectivity index (χ2n) is 5.77. The van der Waals surface area contributed by atoms with E-state index in [0.29, 0.717) is 6.04 Å². The Morgan fingerprint density at radius 1 is 1.19 bits per heavy atom. The topological polar surface area (TPSA) is 30.5 Å². The zero-order chi connectivity index (χ0) is 15.1. The number of hydrogen-bond donors (Lipinski definition) is 1. The molecule has 2 atom stereocenters. The third-order valence-electron chi connectivity index (χ3n) is 4.23. The quantitative estimate of drug-likeness (QED) is 0.701. The van der Waals surface area contributed by atoms with Gasteiger partial charge in [0.25, 0.3) is 0 Å². The first-order valence-electron chi connectivity index (χ1n) is 8.32. The van der Waals surface area contributed by atoms with Gasteiger partial charge in [0.1, 0.15) is 5.75 Å². The van der Waals surface area contributed by atoms with Crippen molar-refractivity contribution < 1.29 is 9.47 Å². The number of benzene rings is 1. The maximum atomic E-state index is 6.17. The number of unbranched alkanes of at least 4 members (excludes halogenated alkanes) is 3. The summed E-state index contributed by atoms with van der Waals surface area (Å²) >= 11 is 0. The van der Waals surface area contributed by atoms with Gasteiger partial charge in [-0.1, -0.05) is 39.2 Å². The van der Waals surface area contributed by atoms with E-state index >= 15 is 0 Å². The van der Waals surface area contributed by atoms with Crippen LogP contribution in [0, 0.1) is 0 Å². The summed E-state index contributed by atoms with van der Waals surface area (Å²) in [6.07, 6.45) is 6.29. The van der Waals surface area contributed by atoms with Gasteiger partial charge in [-0.25, -0.2) is 0 Å². The molecule has 3 nitrogen and oxygen atoms in total. The van der Waals surface area contributed by atoms with Gasteiger partial charge >= 0.3 is 0 Å². The molecule has 0 heterocycles. The Labute approximate surface area is 129 Å². The van der Waals surface area contributed by atoms with Crippen molar-refractivity contribution >= 4 is 0 Å². The fourth-order valence-electron chi connectivity index (χ4n) is 3.09. The number of methoxy groups -OCH3 is 1. The maximum Gasteiger partial charge on any atom is 0.119 e. The van der Waals surface area contributed by atoms with Crippen LogP contribution in [0.1, 0.15) is 56.7 Å². The molecule has 118 valence electrons. The fraction of sp³-hybridized carbons (Fsp3) is 0.667. The fourth-order valence-corrected chi connectivity index (χ4v) is 3.09. The molecular formula is C18H29NO2. The Bertz CT molecular complexity index is 433. The molecular weight excluding hydrogens is 262 g/mol. The van der Waals surface area contributed by atoms with E-state index < -0.39 is 0 Å². The lowest BCUT2D eigenvalue weighted by molar-refractivity contribution is 0.0328. The van der Waals surface area contributed by atoms with Crippen LogP contribution >= 0.6 is 0 Å². The van der Waals surface area contributed by atoms with Crippen LogP contribution in [-0.2, 0) is 11.2 Å². The summed E-state index contributed by atoms with van der Waals surface area (Å²) < 4.78 is 11.5. The number of likely N-dealkylation sites (N-methyl/N-ethyl adjacent to an activating group) is 1. The van der Waals surface area contributed by atoms with E-state index in [0.717, 1.165) is 25.3 Å². The second-order valence-corrected chi connectivity index (χ2v) is 5.77. The van der Waals surface area contributed by atoms with Gasteiger partial charge < -0.3 is 14.8 Å². The van der Waals surface area contributed by atoms with Gasteiger partial charge in [0.05, 0.1) is 19.3 Å². The highest BCUT2D eigenvalue weighted by atomic mass is 16.5. The van der Waals surface area contributed by atoms with Crippen LogP contribution < -0.4 is 10.1 Å². The van der Waals surface area contributed by atoms with Gasteiger partial charge in [-0.05, 0) is 36.2 Å². The van der Waals surface area contributed by atoms with E-state index in [2.05, 4.69) is 31.3 Å². The van der Waals surface area contributed by atoms with E-state index in [9.17, 15) is 0 Å². The molecule has 1 aromatic rings. The lowest BCUT2D eigenvalue weighted by Gasteiger charge is -2.22. The molecule has 0 saturated heterocycles. The molecule has 2 rings (SSSR count). The van der Waals surface area contributed by atoms with E-state index in [-0.39, 0.29) is 6.10 Å². The summed E-state index contributed by atoms with van der Waals surface area (Å²) in [5.41, 5.74) is 2.73. The van der Waals surface area contributed by atoms with Crippen molar-refractivity contribution in [2.75, 3.05) is 20.3 Å². The molecule has 0 fully saturated rings. The van der Waals surface area contributed by atoms with E-state index in [1.807, 2.05) is 6.07 Å². The Balaban J connectivity index is 1.96. The summed E-state index contributed by atoms with van der Waals surface area (Å²) in [7, 11) is 1.72. The van der Waals surface area contributed by atoms with Crippen molar-refractivity contribution in [2.24, 2.45) is 0 Å². The third-order valence-corrected chi connectivity index (χ3v) is 4.23. The minimum absolute atomic E-state index is 0.258. The molecule has 0 spiro atoms. The molecule has 0 saturated carbocycles. The molecule has 0 radical (unpaired) electrons. The lowest BCUT2D eigenvalue weighted by Crippen LogP contribution is -2.31.